The van der Waals surface area contributed by atoms with Crippen LogP contribution in [0.3, 0.4) is 0 Å². The number of hydrogen-bond acceptors (Lipinski definition) is 5. The minimum atomic E-state index is -0.270. The maximum absolute atomic E-state index is 11.5. The molecule has 94 valence electrons. The van der Waals surface area contributed by atoms with Gasteiger partial charge in [-0.15, -0.1) is 0 Å². The third-order valence-electron chi connectivity index (χ3n) is 3.37. The molecule has 1 heterocycles. The highest BCUT2D eigenvalue weighted by molar-refractivity contribution is 5.75. The number of methoxy groups -OCH3 is 1. The van der Waals surface area contributed by atoms with E-state index in [2.05, 4.69) is 23.9 Å². The lowest BCUT2D eigenvalue weighted by molar-refractivity contribution is -0.147. The van der Waals surface area contributed by atoms with Crippen molar-refractivity contribution in [1.82, 2.24) is 9.80 Å². The fourth-order valence-electron chi connectivity index (χ4n) is 2.24. The summed E-state index contributed by atoms with van der Waals surface area (Å²) < 4.78 is 4.76. The zero-order chi connectivity index (χ0) is 12.1. The third-order valence-corrected chi connectivity index (χ3v) is 3.37. The van der Waals surface area contributed by atoms with E-state index in [9.17, 15) is 4.79 Å². The molecular formula is C11H23N3O2. The largest absolute Gasteiger partial charge is 0.468 e. The highest BCUT2D eigenvalue weighted by Crippen LogP contribution is 2.16. The van der Waals surface area contributed by atoms with Crippen LogP contribution in [-0.4, -0.2) is 68.7 Å². The van der Waals surface area contributed by atoms with Crippen molar-refractivity contribution < 1.29 is 9.53 Å². The molecular weight excluding hydrogens is 206 g/mol. The van der Waals surface area contributed by atoms with E-state index in [4.69, 9.17) is 10.5 Å². The van der Waals surface area contributed by atoms with Crippen LogP contribution in [0.15, 0.2) is 0 Å². The molecule has 0 bridgehead atoms. The van der Waals surface area contributed by atoms with Gasteiger partial charge in [-0.1, -0.05) is 0 Å². The Bertz CT molecular complexity index is 225. The second-order valence-corrected chi connectivity index (χ2v) is 4.51. The Balaban J connectivity index is 2.48. The number of carbonyl (C=O) groups is 1. The average Bonchev–Trinajstić information content (AvgIpc) is 2.30. The lowest BCUT2D eigenvalue weighted by atomic mass is 10.0. The van der Waals surface area contributed by atoms with E-state index >= 15 is 0 Å². The zero-order valence-electron chi connectivity index (χ0n) is 10.5. The molecule has 0 aliphatic carbocycles. The number of esters is 1. The number of nitrogens with two attached hydrogens (primary N) is 1. The lowest BCUT2D eigenvalue weighted by Crippen LogP contribution is -2.52. The number of likely N-dealkylation sites (tertiary alicyclic amines) is 1. The van der Waals surface area contributed by atoms with Crippen molar-refractivity contribution in [2.75, 3.05) is 40.8 Å². The van der Waals surface area contributed by atoms with Gasteiger partial charge in [0.1, 0.15) is 6.04 Å². The highest BCUT2D eigenvalue weighted by atomic mass is 16.5. The number of carbonyl (C=O) groups excluding carboxylic acids is 1. The first-order chi connectivity index (χ1) is 7.60. The van der Waals surface area contributed by atoms with Gasteiger partial charge in [0.2, 0.25) is 0 Å². The number of nitrogens with zero attached hydrogens (tertiary/aromatic N) is 2. The summed E-state index contributed by atoms with van der Waals surface area (Å²) in [7, 11) is 5.61. The summed E-state index contributed by atoms with van der Waals surface area (Å²) >= 11 is 0. The molecule has 1 rings (SSSR count). The SMILES string of the molecule is COC(=O)C(CN)N1CCC(N(C)C)CC1. The second-order valence-electron chi connectivity index (χ2n) is 4.51. The molecule has 0 aromatic carbocycles. The highest BCUT2D eigenvalue weighted by Gasteiger charge is 2.29. The van der Waals surface area contributed by atoms with Crippen LogP contribution < -0.4 is 5.73 Å². The van der Waals surface area contributed by atoms with Crippen LogP contribution in [0.2, 0.25) is 0 Å². The summed E-state index contributed by atoms with van der Waals surface area (Å²) in [5.41, 5.74) is 5.62. The summed E-state index contributed by atoms with van der Waals surface area (Å²) in [4.78, 5) is 15.9. The van der Waals surface area contributed by atoms with Crippen LogP contribution in [0.1, 0.15) is 12.8 Å². The molecule has 0 spiro atoms. The standard InChI is InChI=1S/C11H23N3O2/c1-13(2)9-4-6-14(7-5-9)10(8-12)11(15)16-3/h9-10H,4-8,12H2,1-3H3. The summed E-state index contributed by atoms with van der Waals surface area (Å²) in [6, 6.07) is 0.348. The van der Waals surface area contributed by atoms with Gasteiger partial charge >= 0.3 is 5.97 Å². The Kier molecular flexibility index (Phi) is 5.18. The summed E-state index contributed by atoms with van der Waals surface area (Å²) in [5.74, 6) is -0.217. The van der Waals surface area contributed by atoms with Gasteiger partial charge in [0, 0.05) is 25.7 Å². The van der Waals surface area contributed by atoms with Crippen molar-refractivity contribution in [3.8, 4) is 0 Å². The van der Waals surface area contributed by atoms with Crippen LogP contribution in [0.4, 0.5) is 0 Å². The molecule has 2 N–H and O–H groups in total. The molecule has 1 unspecified atom stereocenters. The Labute approximate surface area is 97.5 Å². The van der Waals surface area contributed by atoms with Gasteiger partial charge in [-0.05, 0) is 26.9 Å². The average molecular weight is 229 g/mol. The van der Waals surface area contributed by atoms with Crippen molar-refractivity contribution in [3.63, 3.8) is 0 Å². The normalized spacial score (nSPS) is 21.1. The van der Waals surface area contributed by atoms with E-state index in [1.807, 2.05) is 0 Å². The Hall–Kier alpha value is -0.650. The molecule has 1 atom stereocenters. The van der Waals surface area contributed by atoms with E-state index in [1.54, 1.807) is 0 Å². The molecule has 1 fully saturated rings. The van der Waals surface area contributed by atoms with Crippen molar-refractivity contribution in [3.05, 3.63) is 0 Å². The van der Waals surface area contributed by atoms with Gasteiger partial charge in [0.15, 0.2) is 0 Å². The van der Waals surface area contributed by atoms with Crippen LogP contribution in [0.5, 0.6) is 0 Å². The van der Waals surface area contributed by atoms with E-state index in [-0.39, 0.29) is 12.0 Å². The Morgan fingerprint density at radius 1 is 1.50 bits per heavy atom. The fraction of sp³-hybridized carbons (Fsp3) is 0.909. The van der Waals surface area contributed by atoms with E-state index in [0.29, 0.717) is 12.6 Å². The fourth-order valence-corrected chi connectivity index (χ4v) is 2.24. The first-order valence-corrected chi connectivity index (χ1v) is 5.78. The molecule has 5 nitrogen and oxygen atoms in total. The van der Waals surface area contributed by atoms with Crippen LogP contribution >= 0.6 is 0 Å². The predicted octanol–water partition coefficient (Wildman–Crippen LogP) is -0.487. The van der Waals surface area contributed by atoms with Gasteiger partial charge < -0.3 is 15.4 Å². The Morgan fingerprint density at radius 2 is 2.06 bits per heavy atom. The molecule has 5 heteroatoms. The number of rotatable bonds is 4. The number of hydrogen-bond donors (Lipinski definition) is 1. The van der Waals surface area contributed by atoms with E-state index in [1.165, 1.54) is 7.11 Å². The lowest BCUT2D eigenvalue weighted by Gasteiger charge is -2.37. The van der Waals surface area contributed by atoms with Gasteiger partial charge in [0.25, 0.3) is 0 Å². The van der Waals surface area contributed by atoms with E-state index in [0.717, 1.165) is 25.9 Å². The quantitative estimate of drug-likeness (QED) is 0.659. The summed E-state index contributed by atoms with van der Waals surface area (Å²) in [6.45, 7) is 2.17. The molecule has 0 aromatic rings. The number of ether oxygens (including phenoxy) is 1. The second kappa shape index (κ2) is 6.18. The number of piperidine rings is 1. The molecule has 1 saturated heterocycles. The summed E-state index contributed by atoms with van der Waals surface area (Å²) in [5, 5.41) is 0. The van der Waals surface area contributed by atoms with Crippen LogP contribution in [-0.2, 0) is 9.53 Å². The van der Waals surface area contributed by atoms with E-state index < -0.39 is 0 Å². The molecule has 0 aromatic heterocycles. The monoisotopic (exact) mass is 229 g/mol. The topological polar surface area (TPSA) is 58.8 Å². The Morgan fingerprint density at radius 3 is 2.44 bits per heavy atom. The smallest absolute Gasteiger partial charge is 0.324 e. The maximum Gasteiger partial charge on any atom is 0.324 e. The molecule has 1 aliphatic rings. The first kappa shape index (κ1) is 13.4. The first-order valence-electron chi connectivity index (χ1n) is 5.78. The zero-order valence-corrected chi connectivity index (χ0v) is 10.5. The van der Waals surface area contributed by atoms with Gasteiger partial charge in [-0.25, -0.2) is 0 Å². The molecule has 16 heavy (non-hydrogen) atoms. The van der Waals surface area contributed by atoms with Crippen LogP contribution in [0, 0.1) is 0 Å². The van der Waals surface area contributed by atoms with Crippen molar-refractivity contribution in [1.29, 1.82) is 0 Å². The van der Waals surface area contributed by atoms with Gasteiger partial charge in [-0.3, -0.25) is 9.69 Å². The predicted molar refractivity (Wildman–Crippen MR) is 63.1 cm³/mol. The minimum absolute atomic E-state index is 0.217. The minimum Gasteiger partial charge on any atom is -0.468 e. The third kappa shape index (κ3) is 3.17. The van der Waals surface area contributed by atoms with Gasteiger partial charge in [-0.2, -0.15) is 0 Å². The van der Waals surface area contributed by atoms with Crippen molar-refractivity contribution >= 4 is 5.97 Å². The molecule has 0 radical (unpaired) electrons. The molecule has 1 aliphatic heterocycles. The van der Waals surface area contributed by atoms with Crippen molar-refractivity contribution in [2.45, 2.75) is 24.9 Å². The van der Waals surface area contributed by atoms with Gasteiger partial charge in [0.05, 0.1) is 7.11 Å². The summed E-state index contributed by atoms with van der Waals surface area (Å²) in [6.07, 6.45) is 2.17. The van der Waals surface area contributed by atoms with Crippen LogP contribution in [0.25, 0.3) is 0 Å². The molecule has 0 saturated carbocycles. The molecule has 0 amide bonds. The maximum atomic E-state index is 11.5. The van der Waals surface area contributed by atoms with Crippen molar-refractivity contribution in [2.24, 2.45) is 5.73 Å².